The lowest BCUT2D eigenvalue weighted by molar-refractivity contribution is 0.247. The van der Waals surface area contributed by atoms with Gasteiger partial charge in [0.2, 0.25) is 0 Å². The molecule has 0 spiro atoms. The van der Waals surface area contributed by atoms with Crippen molar-refractivity contribution in [3.05, 3.63) is 24.3 Å². The molecule has 0 saturated carbocycles. The number of allylic oxidation sites excluding steroid dienone is 3. The van der Waals surface area contributed by atoms with E-state index in [1.54, 1.807) is 6.08 Å². The molecule has 0 fully saturated rings. The van der Waals surface area contributed by atoms with E-state index in [2.05, 4.69) is 35.5 Å². The Morgan fingerprint density at radius 2 is 1.73 bits per heavy atom. The van der Waals surface area contributed by atoms with Gasteiger partial charge in [-0.1, -0.05) is 17.9 Å². The highest BCUT2D eigenvalue weighted by molar-refractivity contribution is 6.18. The molecule has 0 bridgehead atoms. The zero-order valence-corrected chi connectivity index (χ0v) is 9.17. The third-order valence-corrected chi connectivity index (χ3v) is 1.46. The molecule has 0 aromatic carbocycles. The molecule has 1 nitrogen and oxygen atoms in total. The van der Waals surface area contributed by atoms with Crippen LogP contribution < -0.4 is 0 Å². The van der Waals surface area contributed by atoms with Crippen LogP contribution in [-0.2, 0) is 0 Å². The SMILES string of the molecule is C/C=C\C#CC#CC#C/C=C/C(O)CCl. The normalized spacial score (nSPS) is 10.9. The zero-order valence-electron chi connectivity index (χ0n) is 8.42. The van der Waals surface area contributed by atoms with E-state index >= 15 is 0 Å². The minimum atomic E-state index is -0.650. The average molecular weight is 219 g/mol. The molecule has 1 N–H and O–H groups in total. The van der Waals surface area contributed by atoms with Crippen LogP contribution in [0.15, 0.2) is 24.3 Å². The fraction of sp³-hybridized carbons (Fsp3) is 0.231. The highest BCUT2D eigenvalue weighted by Gasteiger charge is 1.90. The topological polar surface area (TPSA) is 20.2 Å². The number of aliphatic hydroxyl groups is 1. The van der Waals surface area contributed by atoms with Gasteiger partial charge in [0, 0.05) is 0 Å². The van der Waals surface area contributed by atoms with Crippen LogP contribution in [0.25, 0.3) is 0 Å². The van der Waals surface area contributed by atoms with Gasteiger partial charge < -0.3 is 5.11 Å². The third kappa shape index (κ3) is 10.3. The number of hydrogen-bond donors (Lipinski definition) is 1. The second-order valence-electron chi connectivity index (χ2n) is 2.37. The fourth-order valence-corrected chi connectivity index (χ4v) is 0.615. The van der Waals surface area contributed by atoms with Gasteiger partial charge in [-0.05, 0) is 48.8 Å². The van der Waals surface area contributed by atoms with Crippen LogP contribution in [0.1, 0.15) is 6.92 Å². The summed E-state index contributed by atoms with van der Waals surface area (Å²) in [7, 11) is 0. The Hall–Kier alpha value is -1.59. The summed E-state index contributed by atoms with van der Waals surface area (Å²) in [6.07, 6.45) is 5.91. The molecule has 15 heavy (non-hydrogen) atoms. The predicted molar refractivity (Wildman–Crippen MR) is 64.0 cm³/mol. The summed E-state index contributed by atoms with van der Waals surface area (Å²) in [5.74, 6) is 15.8. The summed E-state index contributed by atoms with van der Waals surface area (Å²) in [4.78, 5) is 0. The maximum Gasteiger partial charge on any atom is 0.0865 e. The zero-order chi connectivity index (χ0) is 11.4. The second kappa shape index (κ2) is 10.5. The molecule has 0 aliphatic rings. The van der Waals surface area contributed by atoms with Gasteiger partial charge >= 0.3 is 0 Å². The van der Waals surface area contributed by atoms with Crippen LogP contribution in [0.2, 0.25) is 0 Å². The maximum absolute atomic E-state index is 9.01. The van der Waals surface area contributed by atoms with Gasteiger partial charge in [0.15, 0.2) is 0 Å². The molecule has 0 aliphatic carbocycles. The molecule has 2 heteroatoms. The molecule has 0 heterocycles. The van der Waals surface area contributed by atoms with Crippen LogP contribution in [0.3, 0.4) is 0 Å². The molecule has 0 aromatic rings. The van der Waals surface area contributed by atoms with Gasteiger partial charge in [0.05, 0.1) is 12.0 Å². The molecule has 1 atom stereocenters. The van der Waals surface area contributed by atoms with E-state index in [-0.39, 0.29) is 5.88 Å². The Balaban J connectivity index is 4.01. The van der Waals surface area contributed by atoms with Crippen LogP contribution in [0, 0.1) is 35.5 Å². The number of aliphatic hydroxyl groups excluding tert-OH is 1. The third-order valence-electron chi connectivity index (χ3n) is 1.14. The summed E-state index contributed by atoms with van der Waals surface area (Å²) in [5, 5.41) is 9.01. The predicted octanol–water partition coefficient (Wildman–Crippen LogP) is 1.73. The van der Waals surface area contributed by atoms with Gasteiger partial charge in [-0.3, -0.25) is 0 Å². The standard InChI is InChI=1S/C13H11ClO/c1-2-3-4-5-6-7-8-9-10-11-13(15)12-14/h2-3,10-11,13,15H,12H2,1H3/b3-2-,11-10+. The lowest BCUT2D eigenvalue weighted by Crippen LogP contribution is -2.01. The van der Waals surface area contributed by atoms with Crippen molar-refractivity contribution in [1.82, 2.24) is 0 Å². The number of alkyl halides is 1. The smallest absolute Gasteiger partial charge is 0.0865 e. The number of rotatable bonds is 2. The lowest BCUT2D eigenvalue weighted by Gasteiger charge is -1.93. The van der Waals surface area contributed by atoms with Crippen molar-refractivity contribution in [3.8, 4) is 35.5 Å². The first-order chi connectivity index (χ1) is 7.31. The van der Waals surface area contributed by atoms with Crippen LogP contribution in [0.5, 0.6) is 0 Å². The van der Waals surface area contributed by atoms with Crippen molar-refractivity contribution in [3.63, 3.8) is 0 Å². The van der Waals surface area contributed by atoms with Gasteiger partial charge in [-0.2, -0.15) is 0 Å². The molecule has 1 unspecified atom stereocenters. The first kappa shape index (κ1) is 13.4. The molecule has 0 saturated heterocycles. The quantitative estimate of drug-likeness (QED) is 0.553. The van der Waals surface area contributed by atoms with Crippen LogP contribution >= 0.6 is 11.6 Å². The highest BCUT2D eigenvalue weighted by atomic mass is 35.5. The van der Waals surface area contributed by atoms with E-state index < -0.39 is 6.10 Å². The summed E-state index contributed by atoms with van der Waals surface area (Å²) in [5.41, 5.74) is 0. The van der Waals surface area contributed by atoms with Crippen molar-refractivity contribution >= 4 is 11.6 Å². The van der Waals surface area contributed by atoms with Crippen molar-refractivity contribution in [2.75, 3.05) is 5.88 Å². The summed E-state index contributed by atoms with van der Waals surface area (Å²) in [6.45, 7) is 1.88. The maximum atomic E-state index is 9.01. The molecule has 0 rings (SSSR count). The van der Waals surface area contributed by atoms with E-state index in [9.17, 15) is 0 Å². The molecule has 0 amide bonds. The molecule has 0 aromatic heterocycles. The van der Waals surface area contributed by atoms with E-state index in [1.165, 1.54) is 12.2 Å². The first-order valence-electron chi connectivity index (χ1n) is 4.34. The van der Waals surface area contributed by atoms with Crippen molar-refractivity contribution in [2.45, 2.75) is 13.0 Å². The monoisotopic (exact) mass is 218 g/mol. The molecule has 0 radical (unpaired) electrons. The molecule has 76 valence electrons. The summed E-state index contributed by atoms with van der Waals surface area (Å²) < 4.78 is 0. The molecular weight excluding hydrogens is 208 g/mol. The summed E-state index contributed by atoms with van der Waals surface area (Å²) >= 11 is 5.36. The Kier molecular flexibility index (Phi) is 9.38. The average Bonchev–Trinajstić information content (AvgIpc) is 2.26. The Morgan fingerprint density at radius 1 is 1.13 bits per heavy atom. The van der Waals surface area contributed by atoms with E-state index in [1.807, 2.05) is 13.0 Å². The Bertz CT molecular complexity index is 399. The minimum Gasteiger partial charge on any atom is -0.388 e. The van der Waals surface area contributed by atoms with Crippen molar-refractivity contribution < 1.29 is 5.11 Å². The first-order valence-corrected chi connectivity index (χ1v) is 4.87. The van der Waals surface area contributed by atoms with Gasteiger partial charge in [0.1, 0.15) is 0 Å². The summed E-state index contributed by atoms with van der Waals surface area (Å²) in [6, 6.07) is 0. The van der Waals surface area contributed by atoms with Crippen LogP contribution in [0.4, 0.5) is 0 Å². The van der Waals surface area contributed by atoms with E-state index in [4.69, 9.17) is 16.7 Å². The highest BCUT2D eigenvalue weighted by Crippen LogP contribution is 1.87. The Morgan fingerprint density at radius 3 is 2.27 bits per heavy atom. The van der Waals surface area contributed by atoms with Gasteiger partial charge in [-0.15, -0.1) is 11.6 Å². The molecule has 0 aliphatic heterocycles. The van der Waals surface area contributed by atoms with Gasteiger partial charge in [-0.25, -0.2) is 0 Å². The Labute approximate surface area is 95.8 Å². The molecular formula is C13H11ClO. The van der Waals surface area contributed by atoms with Gasteiger partial charge in [0.25, 0.3) is 0 Å². The van der Waals surface area contributed by atoms with E-state index in [0.29, 0.717) is 0 Å². The van der Waals surface area contributed by atoms with Crippen molar-refractivity contribution in [2.24, 2.45) is 0 Å². The fourth-order valence-electron chi connectivity index (χ4n) is 0.512. The van der Waals surface area contributed by atoms with Crippen molar-refractivity contribution in [1.29, 1.82) is 0 Å². The minimum absolute atomic E-state index is 0.165. The lowest BCUT2D eigenvalue weighted by atomic mass is 10.3. The second-order valence-corrected chi connectivity index (χ2v) is 2.68. The largest absolute Gasteiger partial charge is 0.388 e. The van der Waals surface area contributed by atoms with E-state index in [0.717, 1.165) is 0 Å². The number of hydrogen-bond acceptors (Lipinski definition) is 1. The number of halogens is 1. The van der Waals surface area contributed by atoms with Crippen LogP contribution in [-0.4, -0.2) is 17.1 Å².